The van der Waals surface area contributed by atoms with Gasteiger partial charge in [-0.25, -0.2) is 0 Å². The quantitative estimate of drug-likeness (QED) is 0.641. The highest BCUT2D eigenvalue weighted by Crippen LogP contribution is 2.26. The molecule has 2 aromatic carbocycles. The highest BCUT2D eigenvalue weighted by molar-refractivity contribution is 6.37. The van der Waals surface area contributed by atoms with Crippen molar-refractivity contribution in [1.82, 2.24) is 0 Å². The van der Waals surface area contributed by atoms with E-state index in [4.69, 9.17) is 27.6 Å². The van der Waals surface area contributed by atoms with E-state index >= 15 is 0 Å². The van der Waals surface area contributed by atoms with Crippen molar-refractivity contribution in [2.75, 3.05) is 5.32 Å². The molecule has 3 rings (SSSR count). The van der Waals surface area contributed by atoms with Crippen LogP contribution in [-0.4, -0.2) is 12.2 Å². The minimum atomic E-state index is -0.346. The van der Waals surface area contributed by atoms with E-state index in [2.05, 4.69) is 5.32 Å². The molecule has 1 N–H and O–H groups in total. The lowest BCUT2D eigenvalue weighted by atomic mass is 10.1. The maximum absolute atomic E-state index is 12.3. The number of nitrogens with one attached hydrogen (secondary N) is 1. The maximum Gasteiger partial charge on any atom is 0.257 e. The Labute approximate surface area is 148 Å². The molecule has 1 heterocycles. The first-order valence-electron chi connectivity index (χ1n) is 6.98. The Balaban J connectivity index is 1.84. The molecule has 6 heteroatoms. The second-order valence-corrected chi connectivity index (χ2v) is 5.82. The minimum absolute atomic E-state index is 0.243. The molecule has 0 spiro atoms. The molecular formula is C18H11Cl2NO3. The van der Waals surface area contributed by atoms with E-state index in [-0.39, 0.29) is 16.7 Å². The van der Waals surface area contributed by atoms with Crippen LogP contribution in [0.5, 0.6) is 0 Å². The summed E-state index contributed by atoms with van der Waals surface area (Å²) in [4.78, 5) is 23.0. The first-order valence-corrected chi connectivity index (χ1v) is 7.74. The molecule has 1 aromatic heterocycles. The van der Waals surface area contributed by atoms with Gasteiger partial charge in [0.15, 0.2) is 12.0 Å². The molecule has 0 atom stereocenters. The van der Waals surface area contributed by atoms with Crippen LogP contribution in [0.3, 0.4) is 0 Å². The van der Waals surface area contributed by atoms with Crippen LogP contribution in [-0.2, 0) is 0 Å². The van der Waals surface area contributed by atoms with Gasteiger partial charge in [0.1, 0.15) is 5.76 Å². The molecule has 24 heavy (non-hydrogen) atoms. The van der Waals surface area contributed by atoms with Crippen molar-refractivity contribution in [3.63, 3.8) is 0 Å². The van der Waals surface area contributed by atoms with Crippen LogP contribution < -0.4 is 5.32 Å². The van der Waals surface area contributed by atoms with E-state index in [1.54, 1.807) is 42.5 Å². The van der Waals surface area contributed by atoms with Crippen molar-refractivity contribution in [1.29, 1.82) is 0 Å². The Hall–Kier alpha value is -2.56. The summed E-state index contributed by atoms with van der Waals surface area (Å²) < 4.78 is 5.38. The zero-order valence-corrected chi connectivity index (χ0v) is 13.8. The molecule has 0 aliphatic carbocycles. The van der Waals surface area contributed by atoms with E-state index in [1.807, 2.05) is 6.07 Å². The van der Waals surface area contributed by atoms with Gasteiger partial charge in [0.25, 0.3) is 5.91 Å². The van der Waals surface area contributed by atoms with Gasteiger partial charge in [-0.05, 0) is 42.5 Å². The Bertz CT molecular complexity index is 918. The number of anilines is 1. The molecule has 0 bridgehead atoms. The second kappa shape index (κ2) is 6.91. The number of aldehydes is 1. The fraction of sp³-hybridized carbons (Fsp3) is 0. The molecule has 0 saturated heterocycles. The van der Waals surface area contributed by atoms with Crippen LogP contribution in [0.2, 0.25) is 10.0 Å². The van der Waals surface area contributed by atoms with Gasteiger partial charge in [0.2, 0.25) is 0 Å². The van der Waals surface area contributed by atoms with Crippen molar-refractivity contribution in [3.05, 3.63) is 76.0 Å². The highest BCUT2D eigenvalue weighted by Gasteiger charge is 2.12. The summed E-state index contributed by atoms with van der Waals surface area (Å²) in [5.74, 6) is 0.437. The van der Waals surface area contributed by atoms with Gasteiger partial charge in [0, 0.05) is 16.3 Å². The summed E-state index contributed by atoms with van der Waals surface area (Å²) in [6, 6.07) is 15.0. The molecule has 0 aliphatic rings. The average molecular weight is 360 g/mol. The number of amides is 1. The molecular weight excluding hydrogens is 349 g/mol. The van der Waals surface area contributed by atoms with Crippen LogP contribution in [0.4, 0.5) is 5.69 Å². The van der Waals surface area contributed by atoms with E-state index < -0.39 is 0 Å². The Kier molecular flexibility index (Phi) is 4.69. The first kappa shape index (κ1) is 16.3. The number of rotatable bonds is 4. The Morgan fingerprint density at radius 3 is 2.58 bits per heavy atom. The maximum atomic E-state index is 12.3. The third kappa shape index (κ3) is 3.50. The van der Waals surface area contributed by atoms with Crippen LogP contribution in [0.15, 0.2) is 59.0 Å². The molecule has 1 amide bonds. The molecule has 0 aliphatic heterocycles. The van der Waals surface area contributed by atoms with Gasteiger partial charge in [-0.1, -0.05) is 35.3 Å². The Morgan fingerprint density at radius 1 is 1.04 bits per heavy atom. The van der Waals surface area contributed by atoms with Crippen LogP contribution in [0, 0.1) is 0 Å². The monoisotopic (exact) mass is 359 g/mol. The summed E-state index contributed by atoms with van der Waals surface area (Å²) in [7, 11) is 0. The predicted molar refractivity (Wildman–Crippen MR) is 93.9 cm³/mol. The second-order valence-electron chi connectivity index (χ2n) is 4.98. The third-order valence-electron chi connectivity index (χ3n) is 3.32. The summed E-state index contributed by atoms with van der Waals surface area (Å²) in [5, 5.41) is 3.51. The summed E-state index contributed by atoms with van der Waals surface area (Å²) in [6.07, 6.45) is 0.637. The number of carbonyl (C=O) groups excluding carboxylic acids is 2. The van der Waals surface area contributed by atoms with Gasteiger partial charge in [0.05, 0.1) is 10.6 Å². The van der Waals surface area contributed by atoms with E-state index in [9.17, 15) is 9.59 Å². The SMILES string of the molecule is O=Cc1ccc(-c2cccc(NC(=O)c3ccc(Cl)cc3Cl)c2)o1. The van der Waals surface area contributed by atoms with Gasteiger partial charge in [-0.2, -0.15) is 0 Å². The lowest BCUT2D eigenvalue weighted by Gasteiger charge is -2.08. The number of benzene rings is 2. The van der Waals surface area contributed by atoms with Crippen LogP contribution >= 0.6 is 23.2 Å². The lowest BCUT2D eigenvalue weighted by molar-refractivity contribution is 0.102. The number of furan rings is 1. The zero-order valence-electron chi connectivity index (χ0n) is 12.3. The molecule has 3 aromatic rings. The largest absolute Gasteiger partial charge is 0.453 e. The standard InChI is InChI=1S/C18H11Cl2NO3/c19-12-4-6-15(16(20)9-12)18(23)21-13-3-1-2-11(8-13)17-7-5-14(10-22)24-17/h1-10H,(H,21,23). The number of hydrogen-bond donors (Lipinski definition) is 1. The van der Waals surface area contributed by atoms with E-state index in [1.165, 1.54) is 6.07 Å². The molecule has 0 unspecified atom stereocenters. The first-order chi connectivity index (χ1) is 11.6. The summed E-state index contributed by atoms with van der Waals surface area (Å²) >= 11 is 11.9. The zero-order chi connectivity index (χ0) is 17.1. The van der Waals surface area contributed by atoms with Crippen molar-refractivity contribution in [2.24, 2.45) is 0 Å². The van der Waals surface area contributed by atoms with Crippen molar-refractivity contribution in [3.8, 4) is 11.3 Å². The van der Waals surface area contributed by atoms with Crippen molar-refractivity contribution < 1.29 is 14.0 Å². The number of halogens is 2. The van der Waals surface area contributed by atoms with Crippen molar-refractivity contribution >= 4 is 41.1 Å². The highest BCUT2D eigenvalue weighted by atomic mass is 35.5. The van der Waals surface area contributed by atoms with Crippen molar-refractivity contribution in [2.45, 2.75) is 0 Å². The fourth-order valence-corrected chi connectivity index (χ4v) is 2.69. The fourth-order valence-electron chi connectivity index (χ4n) is 2.19. The third-order valence-corrected chi connectivity index (χ3v) is 3.87. The number of carbonyl (C=O) groups is 2. The minimum Gasteiger partial charge on any atom is -0.453 e. The average Bonchev–Trinajstić information content (AvgIpc) is 3.04. The molecule has 0 saturated carbocycles. The molecule has 0 radical (unpaired) electrons. The molecule has 4 nitrogen and oxygen atoms in total. The predicted octanol–water partition coefficient (Wildman–Crippen LogP) is 5.32. The van der Waals surface area contributed by atoms with Crippen LogP contribution in [0.25, 0.3) is 11.3 Å². The van der Waals surface area contributed by atoms with E-state index in [0.717, 1.165) is 5.56 Å². The van der Waals surface area contributed by atoms with Gasteiger partial charge < -0.3 is 9.73 Å². The smallest absolute Gasteiger partial charge is 0.257 e. The summed E-state index contributed by atoms with van der Waals surface area (Å²) in [5.41, 5.74) is 1.64. The van der Waals surface area contributed by atoms with Gasteiger partial charge in [-0.3, -0.25) is 9.59 Å². The van der Waals surface area contributed by atoms with Gasteiger partial charge >= 0.3 is 0 Å². The lowest BCUT2D eigenvalue weighted by Crippen LogP contribution is -2.12. The van der Waals surface area contributed by atoms with E-state index in [0.29, 0.717) is 28.3 Å². The Morgan fingerprint density at radius 2 is 1.88 bits per heavy atom. The van der Waals surface area contributed by atoms with Crippen LogP contribution in [0.1, 0.15) is 20.9 Å². The number of hydrogen-bond acceptors (Lipinski definition) is 3. The summed E-state index contributed by atoms with van der Waals surface area (Å²) in [6.45, 7) is 0. The molecule has 120 valence electrons. The van der Waals surface area contributed by atoms with Gasteiger partial charge in [-0.15, -0.1) is 0 Å². The topological polar surface area (TPSA) is 59.3 Å². The molecule has 0 fully saturated rings. The normalized spacial score (nSPS) is 10.4.